The van der Waals surface area contributed by atoms with Gasteiger partial charge in [0.1, 0.15) is 6.04 Å². The Labute approximate surface area is 89.2 Å². The second kappa shape index (κ2) is 4.18. The molecule has 0 aromatic rings. The molecular weight excluding hydrogens is 194 g/mol. The van der Waals surface area contributed by atoms with Crippen molar-refractivity contribution in [1.82, 2.24) is 15.5 Å². The summed E-state index contributed by atoms with van der Waals surface area (Å²) in [5.41, 5.74) is 0. The summed E-state index contributed by atoms with van der Waals surface area (Å²) in [7, 11) is 0. The van der Waals surface area contributed by atoms with Gasteiger partial charge in [0.25, 0.3) is 0 Å². The van der Waals surface area contributed by atoms with Crippen LogP contribution < -0.4 is 10.6 Å². The van der Waals surface area contributed by atoms with Gasteiger partial charge >= 0.3 is 0 Å². The molecule has 2 atom stereocenters. The fourth-order valence-electron chi connectivity index (χ4n) is 2.18. The third kappa shape index (κ3) is 1.97. The number of nitrogens with one attached hydrogen (secondary N) is 2. The number of carbonyl (C=O) groups is 2. The smallest absolute Gasteiger partial charge is 0.242 e. The molecule has 0 saturated carbocycles. The molecule has 2 rings (SSSR count). The zero-order chi connectivity index (χ0) is 10.8. The van der Waals surface area contributed by atoms with Gasteiger partial charge in [-0.15, -0.1) is 0 Å². The third-order valence-corrected chi connectivity index (χ3v) is 3.19. The molecule has 0 radical (unpaired) electrons. The molecule has 2 aliphatic rings. The number of carbonyl (C=O) groups excluding carboxylic acids is 2. The van der Waals surface area contributed by atoms with Gasteiger partial charge < -0.3 is 15.5 Å². The van der Waals surface area contributed by atoms with Crippen LogP contribution in [-0.4, -0.2) is 48.9 Å². The highest BCUT2D eigenvalue weighted by molar-refractivity contribution is 5.89. The van der Waals surface area contributed by atoms with Crippen LogP contribution in [0.1, 0.15) is 13.3 Å². The molecule has 2 fully saturated rings. The van der Waals surface area contributed by atoms with E-state index < -0.39 is 0 Å². The monoisotopic (exact) mass is 211 g/mol. The molecule has 2 saturated heterocycles. The first kappa shape index (κ1) is 10.4. The third-order valence-electron chi connectivity index (χ3n) is 3.19. The van der Waals surface area contributed by atoms with Gasteiger partial charge in [0, 0.05) is 19.6 Å². The van der Waals surface area contributed by atoms with Crippen LogP contribution in [0.5, 0.6) is 0 Å². The quantitative estimate of drug-likeness (QED) is 0.581. The Morgan fingerprint density at radius 3 is 2.93 bits per heavy atom. The summed E-state index contributed by atoms with van der Waals surface area (Å²) >= 11 is 0. The lowest BCUT2D eigenvalue weighted by atomic mass is 10.1. The van der Waals surface area contributed by atoms with Crippen molar-refractivity contribution in [3.05, 3.63) is 0 Å². The van der Waals surface area contributed by atoms with Crippen LogP contribution in [0.15, 0.2) is 0 Å². The van der Waals surface area contributed by atoms with E-state index in [0.717, 1.165) is 19.5 Å². The van der Waals surface area contributed by atoms with Gasteiger partial charge in [0.2, 0.25) is 11.8 Å². The fourth-order valence-corrected chi connectivity index (χ4v) is 2.18. The van der Waals surface area contributed by atoms with E-state index in [-0.39, 0.29) is 23.8 Å². The molecular formula is C10H17N3O2. The van der Waals surface area contributed by atoms with E-state index in [9.17, 15) is 9.59 Å². The minimum absolute atomic E-state index is 0.0412. The highest BCUT2D eigenvalue weighted by Crippen LogP contribution is 2.15. The molecule has 15 heavy (non-hydrogen) atoms. The first-order chi connectivity index (χ1) is 7.20. The summed E-state index contributed by atoms with van der Waals surface area (Å²) in [6.07, 6.45) is 0.893. The Hall–Kier alpha value is -1.10. The van der Waals surface area contributed by atoms with E-state index in [2.05, 4.69) is 10.6 Å². The van der Waals surface area contributed by atoms with Crippen molar-refractivity contribution in [3.8, 4) is 0 Å². The SMILES string of the molecule is CC1C(=O)NCCN1C(=O)C1CCNC1. The van der Waals surface area contributed by atoms with Crippen molar-refractivity contribution in [2.75, 3.05) is 26.2 Å². The summed E-state index contributed by atoms with van der Waals surface area (Å²) in [5, 5.41) is 5.93. The minimum atomic E-state index is -0.313. The predicted octanol–water partition coefficient (Wildman–Crippen LogP) is -1.06. The van der Waals surface area contributed by atoms with Crippen molar-refractivity contribution >= 4 is 11.8 Å². The van der Waals surface area contributed by atoms with E-state index in [0.29, 0.717) is 13.1 Å². The number of piperazine rings is 1. The van der Waals surface area contributed by atoms with Crippen LogP contribution in [0.25, 0.3) is 0 Å². The average Bonchev–Trinajstić information content (AvgIpc) is 2.74. The summed E-state index contributed by atoms with van der Waals surface area (Å²) in [4.78, 5) is 25.2. The molecule has 0 aliphatic carbocycles. The summed E-state index contributed by atoms with van der Waals surface area (Å²) < 4.78 is 0. The van der Waals surface area contributed by atoms with Crippen LogP contribution in [0.2, 0.25) is 0 Å². The molecule has 0 aromatic carbocycles. The van der Waals surface area contributed by atoms with E-state index in [1.807, 2.05) is 0 Å². The fraction of sp³-hybridized carbons (Fsp3) is 0.800. The van der Waals surface area contributed by atoms with Crippen molar-refractivity contribution in [2.45, 2.75) is 19.4 Å². The molecule has 2 amide bonds. The number of rotatable bonds is 1. The Balaban J connectivity index is 2.01. The Bertz CT molecular complexity index is 274. The van der Waals surface area contributed by atoms with Crippen LogP contribution in [0.4, 0.5) is 0 Å². The van der Waals surface area contributed by atoms with Gasteiger partial charge in [-0.2, -0.15) is 0 Å². The van der Waals surface area contributed by atoms with E-state index in [1.54, 1.807) is 11.8 Å². The maximum absolute atomic E-state index is 12.1. The topological polar surface area (TPSA) is 61.4 Å². The van der Waals surface area contributed by atoms with Gasteiger partial charge in [-0.05, 0) is 19.9 Å². The highest BCUT2D eigenvalue weighted by Gasteiger charge is 2.34. The molecule has 0 spiro atoms. The van der Waals surface area contributed by atoms with Crippen molar-refractivity contribution in [1.29, 1.82) is 0 Å². The maximum Gasteiger partial charge on any atom is 0.242 e. The number of nitrogens with zero attached hydrogens (tertiary/aromatic N) is 1. The normalized spacial score (nSPS) is 31.5. The molecule has 2 heterocycles. The standard InChI is InChI=1S/C10H17N3O2/c1-7-9(14)12-4-5-13(7)10(15)8-2-3-11-6-8/h7-8,11H,2-6H2,1H3,(H,12,14). The molecule has 0 aromatic heterocycles. The van der Waals surface area contributed by atoms with Crippen molar-refractivity contribution in [3.63, 3.8) is 0 Å². The van der Waals surface area contributed by atoms with Gasteiger partial charge in [0.15, 0.2) is 0 Å². The van der Waals surface area contributed by atoms with Crippen molar-refractivity contribution in [2.24, 2.45) is 5.92 Å². The molecule has 2 aliphatic heterocycles. The van der Waals surface area contributed by atoms with Crippen LogP contribution in [0, 0.1) is 5.92 Å². The first-order valence-corrected chi connectivity index (χ1v) is 5.49. The number of hydrogen-bond donors (Lipinski definition) is 2. The second-order valence-corrected chi connectivity index (χ2v) is 4.19. The van der Waals surface area contributed by atoms with Gasteiger partial charge in [-0.3, -0.25) is 9.59 Å². The van der Waals surface area contributed by atoms with E-state index in [1.165, 1.54) is 0 Å². The molecule has 2 unspecified atom stereocenters. The zero-order valence-electron chi connectivity index (χ0n) is 8.95. The predicted molar refractivity (Wildman–Crippen MR) is 55.2 cm³/mol. The Kier molecular flexibility index (Phi) is 2.90. The van der Waals surface area contributed by atoms with Gasteiger partial charge in [-0.1, -0.05) is 0 Å². The number of hydrogen-bond acceptors (Lipinski definition) is 3. The largest absolute Gasteiger partial charge is 0.353 e. The molecule has 84 valence electrons. The average molecular weight is 211 g/mol. The van der Waals surface area contributed by atoms with Crippen molar-refractivity contribution < 1.29 is 9.59 Å². The zero-order valence-corrected chi connectivity index (χ0v) is 8.95. The minimum Gasteiger partial charge on any atom is -0.353 e. The van der Waals surface area contributed by atoms with E-state index >= 15 is 0 Å². The lowest BCUT2D eigenvalue weighted by Gasteiger charge is -2.34. The summed E-state index contributed by atoms with van der Waals surface area (Å²) in [6, 6.07) is -0.313. The van der Waals surface area contributed by atoms with Crippen LogP contribution in [-0.2, 0) is 9.59 Å². The molecule has 2 N–H and O–H groups in total. The van der Waals surface area contributed by atoms with Crippen LogP contribution in [0.3, 0.4) is 0 Å². The number of amides is 2. The second-order valence-electron chi connectivity index (χ2n) is 4.19. The lowest BCUT2D eigenvalue weighted by molar-refractivity contribution is -0.145. The summed E-state index contributed by atoms with van der Waals surface area (Å²) in [6.45, 7) is 4.67. The highest BCUT2D eigenvalue weighted by atomic mass is 16.2. The van der Waals surface area contributed by atoms with Gasteiger partial charge in [-0.25, -0.2) is 0 Å². The molecule has 0 bridgehead atoms. The van der Waals surface area contributed by atoms with Crippen LogP contribution >= 0.6 is 0 Å². The molecule has 5 heteroatoms. The summed E-state index contributed by atoms with van der Waals surface area (Å²) in [5.74, 6) is 0.154. The van der Waals surface area contributed by atoms with Gasteiger partial charge in [0.05, 0.1) is 5.92 Å². The lowest BCUT2D eigenvalue weighted by Crippen LogP contribution is -2.57. The maximum atomic E-state index is 12.1. The van der Waals surface area contributed by atoms with E-state index in [4.69, 9.17) is 0 Å². The first-order valence-electron chi connectivity index (χ1n) is 5.49. The molecule has 5 nitrogen and oxygen atoms in total. The Morgan fingerprint density at radius 1 is 1.47 bits per heavy atom. The Morgan fingerprint density at radius 2 is 2.27 bits per heavy atom.